The summed E-state index contributed by atoms with van der Waals surface area (Å²) < 4.78 is 31.4. The van der Waals surface area contributed by atoms with E-state index in [0.29, 0.717) is 6.61 Å². The monoisotopic (exact) mass is 322 g/mol. The molecule has 0 aliphatic rings. The molecule has 0 aliphatic carbocycles. The molecule has 1 heterocycles. The van der Waals surface area contributed by atoms with Crippen LogP contribution in [0.4, 0.5) is 5.82 Å². The van der Waals surface area contributed by atoms with Gasteiger partial charge in [0.2, 0.25) is 10.0 Å². The molecule has 0 spiro atoms. The van der Waals surface area contributed by atoms with E-state index in [4.69, 9.17) is 22.2 Å². The minimum atomic E-state index is -3.68. The van der Waals surface area contributed by atoms with E-state index in [0.717, 1.165) is 0 Å². The van der Waals surface area contributed by atoms with Gasteiger partial charge in [0.05, 0.1) is 11.6 Å². The van der Waals surface area contributed by atoms with Crippen LogP contribution in [0, 0.1) is 0 Å². The van der Waals surface area contributed by atoms with Gasteiger partial charge in [0, 0.05) is 25.9 Å². The Balaban J connectivity index is 3.16. The van der Waals surface area contributed by atoms with Crippen molar-refractivity contribution >= 4 is 27.4 Å². The molecule has 1 aromatic rings. The van der Waals surface area contributed by atoms with E-state index in [2.05, 4.69) is 10.4 Å². The number of nitrogen functional groups attached to an aromatic ring is 1. The number of anilines is 1. The van der Waals surface area contributed by atoms with E-state index in [1.54, 1.807) is 13.8 Å². The number of nitrogens with one attached hydrogen (secondary N) is 1. The van der Waals surface area contributed by atoms with E-state index < -0.39 is 10.0 Å². The lowest BCUT2D eigenvalue weighted by atomic mass is 10.4. The second-order valence-electron chi connectivity index (χ2n) is 4.35. The van der Waals surface area contributed by atoms with E-state index >= 15 is 0 Å². The lowest BCUT2D eigenvalue weighted by Crippen LogP contribution is -2.39. The lowest BCUT2D eigenvalue weighted by Gasteiger charge is -2.25. The Morgan fingerprint density at radius 2 is 2.20 bits per heavy atom. The fourth-order valence-corrected chi connectivity index (χ4v) is 3.52. The Kier molecular flexibility index (Phi) is 6.15. The van der Waals surface area contributed by atoms with Gasteiger partial charge in [-0.3, -0.25) is 0 Å². The quantitative estimate of drug-likeness (QED) is 0.575. The number of sulfonamides is 1. The predicted molar refractivity (Wildman–Crippen MR) is 78.0 cm³/mol. The van der Waals surface area contributed by atoms with Crippen molar-refractivity contribution in [2.45, 2.75) is 24.8 Å². The fourth-order valence-electron chi connectivity index (χ4n) is 1.64. The molecule has 0 radical (unpaired) electrons. The zero-order chi connectivity index (χ0) is 15.3. The highest BCUT2D eigenvalue weighted by Gasteiger charge is 2.27. The number of nitrogens with zero attached hydrogens (tertiary/aromatic N) is 2. The van der Waals surface area contributed by atoms with E-state index in [1.807, 2.05) is 0 Å². The average Bonchev–Trinajstić information content (AvgIpc) is 2.38. The Hall–Kier alpha value is -0.930. The van der Waals surface area contributed by atoms with Crippen molar-refractivity contribution in [1.82, 2.24) is 9.29 Å². The molecule has 0 saturated heterocycles. The molecule has 114 valence electrons. The molecule has 0 atom stereocenters. The summed E-state index contributed by atoms with van der Waals surface area (Å²) in [7, 11) is -2.16. The first-order valence-corrected chi connectivity index (χ1v) is 7.79. The number of halogens is 1. The molecule has 3 N–H and O–H groups in total. The third kappa shape index (κ3) is 3.80. The Morgan fingerprint density at radius 1 is 1.55 bits per heavy atom. The van der Waals surface area contributed by atoms with E-state index in [9.17, 15) is 8.42 Å². The van der Waals surface area contributed by atoms with Crippen LogP contribution in [0.3, 0.4) is 0 Å². The molecule has 1 aromatic heterocycles. The molecule has 7 nitrogen and oxygen atoms in total. The molecule has 0 bridgehead atoms. The molecule has 1 rings (SSSR count). The van der Waals surface area contributed by atoms with Crippen molar-refractivity contribution in [3.63, 3.8) is 0 Å². The molecular formula is C11H19ClN4O3S. The van der Waals surface area contributed by atoms with Crippen LogP contribution in [0.5, 0.6) is 0 Å². The molecule has 9 heteroatoms. The van der Waals surface area contributed by atoms with Gasteiger partial charge in [-0.05, 0) is 19.9 Å². The number of pyridine rings is 1. The van der Waals surface area contributed by atoms with Crippen LogP contribution >= 0.6 is 11.6 Å². The van der Waals surface area contributed by atoms with Crippen molar-refractivity contribution in [1.29, 1.82) is 0 Å². The fraction of sp³-hybridized carbons (Fsp3) is 0.545. The second-order valence-corrected chi connectivity index (χ2v) is 6.65. The number of rotatable bonds is 7. The number of aromatic nitrogens is 1. The molecule has 0 amide bonds. The number of ether oxygens (including phenoxy) is 1. The van der Waals surface area contributed by atoms with Crippen molar-refractivity contribution < 1.29 is 13.2 Å². The average molecular weight is 323 g/mol. The van der Waals surface area contributed by atoms with Crippen LogP contribution in [0.1, 0.15) is 13.8 Å². The largest absolute Gasteiger partial charge is 0.383 e. The zero-order valence-corrected chi connectivity index (χ0v) is 13.2. The highest BCUT2D eigenvalue weighted by Crippen LogP contribution is 2.24. The Bertz CT molecular complexity index is 551. The first kappa shape index (κ1) is 17.1. The van der Waals surface area contributed by atoms with E-state index in [-0.39, 0.29) is 28.3 Å². The van der Waals surface area contributed by atoms with Crippen molar-refractivity contribution in [3.05, 3.63) is 17.3 Å². The minimum Gasteiger partial charge on any atom is -0.383 e. The summed E-state index contributed by atoms with van der Waals surface area (Å²) in [5.74, 6) is 5.43. The van der Waals surface area contributed by atoms with Gasteiger partial charge in [-0.15, -0.1) is 0 Å². The third-order valence-corrected chi connectivity index (χ3v) is 4.98. The minimum absolute atomic E-state index is 0.0197. The summed E-state index contributed by atoms with van der Waals surface area (Å²) >= 11 is 5.91. The second kappa shape index (κ2) is 7.19. The molecule has 0 aromatic carbocycles. The standard InChI is InChI=1S/C11H19ClN4O3S/c1-8(2)16(4-5-19-3)20(17,18)9-6-10(12)11(15-13)14-7-9/h6-8H,4-5,13H2,1-3H3,(H,14,15). The summed E-state index contributed by atoms with van der Waals surface area (Å²) in [6.07, 6.45) is 1.22. The van der Waals surface area contributed by atoms with Crippen molar-refractivity contribution in [2.24, 2.45) is 5.84 Å². The normalized spacial score (nSPS) is 12.2. The molecule has 0 aliphatic heterocycles. The maximum absolute atomic E-state index is 12.6. The molecular weight excluding hydrogens is 304 g/mol. The highest BCUT2D eigenvalue weighted by atomic mass is 35.5. The molecule has 0 unspecified atom stereocenters. The smallest absolute Gasteiger partial charge is 0.244 e. The predicted octanol–water partition coefficient (Wildman–Crippen LogP) is 1.07. The van der Waals surface area contributed by atoms with Gasteiger partial charge in [0.15, 0.2) is 5.82 Å². The Morgan fingerprint density at radius 3 is 2.65 bits per heavy atom. The molecule has 0 saturated carbocycles. The van der Waals surface area contributed by atoms with Crippen LogP contribution < -0.4 is 11.3 Å². The molecule has 20 heavy (non-hydrogen) atoms. The van der Waals surface area contributed by atoms with Crippen molar-refractivity contribution in [2.75, 3.05) is 25.7 Å². The summed E-state index contributed by atoms with van der Waals surface area (Å²) in [5, 5.41) is 0.143. The summed E-state index contributed by atoms with van der Waals surface area (Å²) in [4.78, 5) is 3.90. The summed E-state index contributed by atoms with van der Waals surface area (Å²) in [5.41, 5.74) is 2.29. The van der Waals surface area contributed by atoms with Crippen LogP contribution in [-0.2, 0) is 14.8 Å². The van der Waals surface area contributed by atoms with Crippen LogP contribution in [0.15, 0.2) is 17.2 Å². The first-order valence-electron chi connectivity index (χ1n) is 5.97. The lowest BCUT2D eigenvalue weighted by molar-refractivity contribution is 0.171. The van der Waals surface area contributed by atoms with E-state index in [1.165, 1.54) is 23.7 Å². The first-order chi connectivity index (χ1) is 9.34. The van der Waals surface area contributed by atoms with Gasteiger partial charge in [-0.25, -0.2) is 19.2 Å². The molecule has 0 fully saturated rings. The number of hydrogen-bond donors (Lipinski definition) is 2. The van der Waals surface area contributed by atoms with Crippen LogP contribution in [0.2, 0.25) is 5.02 Å². The van der Waals surface area contributed by atoms with Gasteiger partial charge in [0.25, 0.3) is 0 Å². The maximum atomic E-state index is 12.6. The number of nitrogens with two attached hydrogens (primary N) is 1. The van der Waals surface area contributed by atoms with Crippen molar-refractivity contribution in [3.8, 4) is 0 Å². The van der Waals surface area contributed by atoms with Gasteiger partial charge < -0.3 is 10.2 Å². The number of hydrogen-bond acceptors (Lipinski definition) is 6. The zero-order valence-electron chi connectivity index (χ0n) is 11.6. The topological polar surface area (TPSA) is 97.5 Å². The summed E-state index contributed by atoms with van der Waals surface area (Å²) in [6, 6.07) is 1.11. The number of hydrazine groups is 1. The SMILES string of the molecule is COCCN(C(C)C)S(=O)(=O)c1cnc(NN)c(Cl)c1. The van der Waals surface area contributed by atoms with Gasteiger partial charge >= 0.3 is 0 Å². The third-order valence-electron chi connectivity index (χ3n) is 2.65. The van der Waals surface area contributed by atoms with Crippen LogP contribution in [-0.4, -0.2) is 44.0 Å². The van der Waals surface area contributed by atoms with Crippen LogP contribution in [0.25, 0.3) is 0 Å². The van der Waals surface area contributed by atoms with Gasteiger partial charge in [-0.1, -0.05) is 11.6 Å². The highest BCUT2D eigenvalue weighted by molar-refractivity contribution is 7.89. The summed E-state index contributed by atoms with van der Waals surface area (Å²) in [6.45, 7) is 4.14. The Labute approximate surface area is 124 Å². The maximum Gasteiger partial charge on any atom is 0.244 e. The van der Waals surface area contributed by atoms with Gasteiger partial charge in [-0.2, -0.15) is 4.31 Å². The number of methoxy groups -OCH3 is 1. The van der Waals surface area contributed by atoms with Gasteiger partial charge in [0.1, 0.15) is 4.90 Å².